The number of sulfonamides is 1. The number of halogens is 1. The normalized spacial score (nSPS) is 24.2. The second-order valence-electron chi connectivity index (χ2n) is 5.00. The summed E-state index contributed by atoms with van der Waals surface area (Å²) in [6, 6.07) is 5.38. The molecule has 1 aromatic rings. The highest BCUT2D eigenvalue weighted by molar-refractivity contribution is 9.10. The molecule has 2 unspecified atom stereocenters. The van der Waals surface area contributed by atoms with E-state index in [2.05, 4.69) is 20.7 Å². The van der Waals surface area contributed by atoms with Crippen molar-refractivity contribution in [1.29, 1.82) is 0 Å². The molecule has 1 aliphatic carbocycles. The monoisotopic (exact) mass is 347 g/mol. The number of anilines is 1. The van der Waals surface area contributed by atoms with Crippen LogP contribution in [0.15, 0.2) is 22.7 Å². The van der Waals surface area contributed by atoms with Crippen molar-refractivity contribution in [2.75, 3.05) is 4.72 Å². The van der Waals surface area contributed by atoms with Gasteiger partial charge in [-0.2, -0.15) is 0 Å². The molecule has 0 spiro atoms. The summed E-state index contributed by atoms with van der Waals surface area (Å²) in [6.07, 6.45) is 2.06. The molecule has 2 atom stereocenters. The number of rotatable bonds is 3. The largest absolute Gasteiger partial charge is 0.392 e. The first kappa shape index (κ1) is 14.8. The Morgan fingerprint density at radius 1 is 1.32 bits per heavy atom. The van der Waals surface area contributed by atoms with E-state index in [4.69, 9.17) is 0 Å². The number of benzene rings is 1. The van der Waals surface area contributed by atoms with E-state index in [1.807, 2.05) is 13.0 Å². The molecular formula is C13H18BrNO3S. The maximum atomic E-state index is 12.3. The molecule has 2 N–H and O–H groups in total. The van der Waals surface area contributed by atoms with Gasteiger partial charge in [0.2, 0.25) is 10.0 Å². The minimum Gasteiger partial charge on any atom is -0.392 e. The van der Waals surface area contributed by atoms with E-state index < -0.39 is 21.4 Å². The average molecular weight is 348 g/mol. The lowest BCUT2D eigenvalue weighted by molar-refractivity contribution is 0.133. The van der Waals surface area contributed by atoms with Gasteiger partial charge in [0.25, 0.3) is 0 Å². The average Bonchev–Trinajstić information content (AvgIpc) is 2.33. The zero-order valence-corrected chi connectivity index (χ0v) is 13.2. The van der Waals surface area contributed by atoms with E-state index in [1.54, 1.807) is 12.1 Å². The van der Waals surface area contributed by atoms with Crippen molar-refractivity contribution in [3.63, 3.8) is 0 Å². The van der Waals surface area contributed by atoms with E-state index in [-0.39, 0.29) is 0 Å². The van der Waals surface area contributed by atoms with Crippen LogP contribution in [0.5, 0.6) is 0 Å². The molecular weight excluding hydrogens is 330 g/mol. The Morgan fingerprint density at radius 3 is 2.63 bits per heavy atom. The van der Waals surface area contributed by atoms with Crippen LogP contribution in [0, 0.1) is 6.92 Å². The third kappa shape index (κ3) is 3.49. The first-order chi connectivity index (χ1) is 8.90. The van der Waals surface area contributed by atoms with Gasteiger partial charge in [-0.1, -0.05) is 28.8 Å². The maximum Gasteiger partial charge on any atom is 0.238 e. The van der Waals surface area contributed by atoms with Crippen LogP contribution in [0.3, 0.4) is 0 Å². The van der Waals surface area contributed by atoms with Gasteiger partial charge < -0.3 is 5.11 Å². The highest BCUT2D eigenvalue weighted by atomic mass is 79.9. The molecule has 0 aromatic heterocycles. The Kier molecular flexibility index (Phi) is 4.53. The predicted octanol–water partition coefficient (Wildman–Crippen LogP) is 2.80. The van der Waals surface area contributed by atoms with Gasteiger partial charge in [0, 0.05) is 4.47 Å². The Labute approximate surface area is 122 Å². The molecule has 0 radical (unpaired) electrons. The summed E-state index contributed by atoms with van der Waals surface area (Å²) < 4.78 is 28.2. The maximum absolute atomic E-state index is 12.3. The Balaban J connectivity index is 2.20. The molecule has 19 heavy (non-hydrogen) atoms. The fraction of sp³-hybridized carbons (Fsp3) is 0.538. The lowest BCUT2D eigenvalue weighted by Gasteiger charge is -2.27. The van der Waals surface area contributed by atoms with Crippen LogP contribution in [0.4, 0.5) is 5.69 Å². The van der Waals surface area contributed by atoms with E-state index in [0.29, 0.717) is 18.5 Å². The molecule has 1 saturated carbocycles. The van der Waals surface area contributed by atoms with Crippen LogP contribution in [0.25, 0.3) is 0 Å². The van der Waals surface area contributed by atoms with Gasteiger partial charge in [-0.3, -0.25) is 4.72 Å². The summed E-state index contributed by atoms with van der Waals surface area (Å²) in [5.74, 6) is 0. The Morgan fingerprint density at radius 2 is 2.00 bits per heavy atom. The molecule has 0 amide bonds. The van der Waals surface area contributed by atoms with Crippen molar-refractivity contribution < 1.29 is 13.5 Å². The summed E-state index contributed by atoms with van der Waals surface area (Å²) in [5, 5.41) is 9.16. The van der Waals surface area contributed by atoms with E-state index >= 15 is 0 Å². The number of aliphatic hydroxyl groups excluding tert-OH is 1. The fourth-order valence-electron chi connectivity index (χ4n) is 2.41. The van der Waals surface area contributed by atoms with Crippen LogP contribution >= 0.6 is 15.9 Å². The summed E-state index contributed by atoms with van der Waals surface area (Å²) >= 11 is 3.34. The number of aryl methyl sites for hydroxylation is 1. The van der Waals surface area contributed by atoms with Gasteiger partial charge in [0.15, 0.2) is 0 Å². The molecule has 1 fully saturated rings. The third-order valence-electron chi connectivity index (χ3n) is 3.51. The fourth-order valence-corrected chi connectivity index (χ4v) is 4.60. The highest BCUT2D eigenvalue weighted by Gasteiger charge is 2.34. The highest BCUT2D eigenvalue weighted by Crippen LogP contribution is 2.27. The molecule has 0 saturated heterocycles. The zero-order valence-electron chi connectivity index (χ0n) is 10.8. The van der Waals surface area contributed by atoms with Crippen molar-refractivity contribution in [2.24, 2.45) is 0 Å². The van der Waals surface area contributed by atoms with Crippen molar-refractivity contribution in [3.05, 3.63) is 28.2 Å². The van der Waals surface area contributed by atoms with Gasteiger partial charge in [0.1, 0.15) is 5.25 Å². The van der Waals surface area contributed by atoms with E-state index in [9.17, 15) is 13.5 Å². The molecule has 6 heteroatoms. The second kappa shape index (κ2) is 5.81. The molecule has 1 aromatic carbocycles. The van der Waals surface area contributed by atoms with Gasteiger partial charge in [-0.25, -0.2) is 8.42 Å². The van der Waals surface area contributed by atoms with E-state index in [0.717, 1.165) is 22.9 Å². The Hall–Kier alpha value is -0.590. The quantitative estimate of drug-likeness (QED) is 0.883. The molecule has 0 bridgehead atoms. The van der Waals surface area contributed by atoms with Crippen molar-refractivity contribution in [1.82, 2.24) is 0 Å². The molecule has 0 aliphatic heterocycles. The van der Waals surface area contributed by atoms with Crippen LogP contribution < -0.4 is 4.72 Å². The van der Waals surface area contributed by atoms with Crippen molar-refractivity contribution in [3.8, 4) is 0 Å². The number of hydrogen-bond donors (Lipinski definition) is 2. The molecule has 1 aliphatic rings. The van der Waals surface area contributed by atoms with Crippen LogP contribution in [0.1, 0.15) is 31.2 Å². The minimum atomic E-state index is -3.54. The SMILES string of the molecule is Cc1cc(Br)ccc1NS(=O)(=O)C1CCCCC1O. The van der Waals surface area contributed by atoms with Crippen LogP contribution in [-0.2, 0) is 10.0 Å². The lowest BCUT2D eigenvalue weighted by atomic mass is 9.97. The van der Waals surface area contributed by atoms with Crippen LogP contribution in [-0.4, -0.2) is 24.9 Å². The molecule has 0 heterocycles. The first-order valence-corrected chi connectivity index (χ1v) is 8.70. The number of nitrogens with one attached hydrogen (secondary N) is 1. The molecule has 2 rings (SSSR count). The second-order valence-corrected chi connectivity index (χ2v) is 7.81. The third-order valence-corrected chi connectivity index (χ3v) is 5.85. The standard InChI is InChI=1S/C13H18BrNO3S/c1-9-8-10(14)6-7-11(9)15-19(17,18)13-5-3-2-4-12(13)16/h6-8,12-13,15-16H,2-5H2,1H3. The zero-order chi connectivity index (χ0) is 14.0. The number of aliphatic hydroxyl groups is 1. The smallest absolute Gasteiger partial charge is 0.238 e. The summed E-state index contributed by atoms with van der Waals surface area (Å²) in [5.41, 5.74) is 1.42. The summed E-state index contributed by atoms with van der Waals surface area (Å²) in [4.78, 5) is 0. The van der Waals surface area contributed by atoms with E-state index in [1.165, 1.54) is 0 Å². The predicted molar refractivity (Wildman–Crippen MR) is 79.7 cm³/mol. The summed E-state index contributed by atoms with van der Waals surface area (Å²) in [7, 11) is -3.54. The van der Waals surface area contributed by atoms with Gasteiger partial charge in [0.05, 0.1) is 11.8 Å². The minimum absolute atomic E-state index is 0.520. The lowest BCUT2D eigenvalue weighted by Crippen LogP contribution is -2.40. The topological polar surface area (TPSA) is 66.4 Å². The van der Waals surface area contributed by atoms with Crippen molar-refractivity contribution in [2.45, 2.75) is 44.0 Å². The summed E-state index contributed by atoms with van der Waals surface area (Å²) in [6.45, 7) is 1.85. The van der Waals surface area contributed by atoms with Crippen molar-refractivity contribution >= 4 is 31.6 Å². The van der Waals surface area contributed by atoms with Gasteiger partial charge >= 0.3 is 0 Å². The number of hydrogen-bond acceptors (Lipinski definition) is 3. The Bertz CT molecular complexity index is 559. The van der Waals surface area contributed by atoms with Gasteiger partial charge in [-0.15, -0.1) is 0 Å². The molecule has 106 valence electrons. The van der Waals surface area contributed by atoms with Crippen LogP contribution in [0.2, 0.25) is 0 Å². The van der Waals surface area contributed by atoms with Gasteiger partial charge in [-0.05, 0) is 43.5 Å². The first-order valence-electron chi connectivity index (χ1n) is 6.36. The molecule has 4 nitrogen and oxygen atoms in total.